The Hall–Kier alpha value is -3.36. The van der Waals surface area contributed by atoms with Crippen molar-refractivity contribution in [3.63, 3.8) is 0 Å². The van der Waals surface area contributed by atoms with Crippen LogP contribution in [0.25, 0.3) is 22.6 Å². The Kier molecular flexibility index (Phi) is 6.49. The Bertz CT molecular complexity index is 1370. The number of rotatable bonds is 6. The van der Waals surface area contributed by atoms with Crippen LogP contribution in [0, 0.1) is 20.8 Å². The van der Waals surface area contributed by atoms with Gasteiger partial charge in [0.05, 0.1) is 0 Å². The van der Waals surface area contributed by atoms with Crippen molar-refractivity contribution in [1.29, 1.82) is 0 Å². The number of amides is 1. The summed E-state index contributed by atoms with van der Waals surface area (Å²) in [7, 11) is 0. The number of hydrogen-bond acceptors (Lipinski definition) is 7. The van der Waals surface area contributed by atoms with Crippen LogP contribution in [0.3, 0.4) is 0 Å². The van der Waals surface area contributed by atoms with Gasteiger partial charge in [0.1, 0.15) is 5.58 Å². The molecule has 0 bridgehead atoms. The standard InChI is InChI=1S/C26H28ClN5O3/c1-16-7-8-19(27)15-21(16)32-13-11-31(12-14-32)10-9-28-24(33)26-30-29-25(35-26)23-18(3)20-6-4-5-17(2)22(20)34-23/h4-8,15H,9-14H2,1-3H3,(H,28,33). The Morgan fingerprint density at radius 1 is 1.03 bits per heavy atom. The number of fused-ring (bicyclic) bond motifs is 1. The van der Waals surface area contributed by atoms with Crippen LogP contribution in [0.5, 0.6) is 0 Å². The van der Waals surface area contributed by atoms with Crippen molar-refractivity contribution in [3.05, 3.63) is 64.0 Å². The molecule has 0 saturated carbocycles. The summed E-state index contributed by atoms with van der Waals surface area (Å²) in [5.74, 6) is 0.240. The van der Waals surface area contributed by atoms with Crippen molar-refractivity contribution in [2.45, 2.75) is 20.8 Å². The number of nitrogens with zero attached hydrogens (tertiary/aromatic N) is 4. The van der Waals surface area contributed by atoms with Crippen molar-refractivity contribution in [3.8, 4) is 11.7 Å². The van der Waals surface area contributed by atoms with Crippen LogP contribution in [0.15, 0.2) is 45.2 Å². The highest BCUT2D eigenvalue weighted by atomic mass is 35.5. The Labute approximate surface area is 208 Å². The van der Waals surface area contributed by atoms with E-state index in [0.29, 0.717) is 12.3 Å². The van der Waals surface area contributed by atoms with Crippen LogP contribution in [0.2, 0.25) is 5.02 Å². The van der Waals surface area contributed by atoms with E-state index in [-0.39, 0.29) is 17.7 Å². The Morgan fingerprint density at radius 2 is 1.83 bits per heavy atom. The molecule has 8 nitrogen and oxygen atoms in total. The number of carbonyl (C=O) groups is 1. The summed E-state index contributed by atoms with van der Waals surface area (Å²) in [4.78, 5) is 17.3. The van der Waals surface area contributed by atoms with E-state index in [1.54, 1.807) is 0 Å². The summed E-state index contributed by atoms with van der Waals surface area (Å²) in [6.45, 7) is 10.9. The number of carbonyl (C=O) groups excluding carboxylic acids is 1. The minimum atomic E-state index is -0.387. The number of halogens is 1. The lowest BCUT2D eigenvalue weighted by Gasteiger charge is -2.36. The van der Waals surface area contributed by atoms with E-state index < -0.39 is 0 Å². The molecule has 0 spiro atoms. The van der Waals surface area contributed by atoms with Crippen LogP contribution < -0.4 is 10.2 Å². The van der Waals surface area contributed by atoms with Crippen LogP contribution >= 0.6 is 11.6 Å². The number of hydrogen-bond donors (Lipinski definition) is 1. The lowest BCUT2D eigenvalue weighted by molar-refractivity contribution is 0.0913. The van der Waals surface area contributed by atoms with Crippen molar-refractivity contribution in [2.75, 3.05) is 44.2 Å². The molecule has 0 aliphatic carbocycles. The number of aryl methyl sites for hydroxylation is 3. The molecule has 4 aromatic rings. The van der Waals surface area contributed by atoms with Crippen molar-refractivity contribution >= 4 is 34.2 Å². The molecule has 1 amide bonds. The fourth-order valence-corrected chi connectivity index (χ4v) is 4.70. The highest BCUT2D eigenvalue weighted by molar-refractivity contribution is 6.30. The molecule has 1 aliphatic rings. The van der Waals surface area contributed by atoms with E-state index in [0.717, 1.165) is 59.8 Å². The van der Waals surface area contributed by atoms with Gasteiger partial charge in [-0.15, -0.1) is 10.2 Å². The summed E-state index contributed by atoms with van der Waals surface area (Å²) in [6.07, 6.45) is 0. The average Bonchev–Trinajstić information content (AvgIpc) is 3.47. The maximum atomic E-state index is 12.6. The molecule has 35 heavy (non-hydrogen) atoms. The second kappa shape index (κ2) is 9.71. The molecule has 5 rings (SSSR count). The highest BCUT2D eigenvalue weighted by Gasteiger charge is 2.22. The van der Waals surface area contributed by atoms with Gasteiger partial charge in [-0.3, -0.25) is 9.69 Å². The van der Waals surface area contributed by atoms with Crippen LogP contribution in [-0.2, 0) is 0 Å². The second-order valence-corrected chi connectivity index (χ2v) is 9.37. The SMILES string of the molecule is Cc1ccc(Cl)cc1N1CCN(CCNC(=O)c2nnc(-c3oc4c(C)cccc4c3C)o2)CC1. The van der Waals surface area contributed by atoms with Crippen molar-refractivity contribution in [1.82, 2.24) is 20.4 Å². The third-order valence-corrected chi connectivity index (χ3v) is 6.81. The maximum absolute atomic E-state index is 12.6. The number of piperazine rings is 1. The summed E-state index contributed by atoms with van der Waals surface area (Å²) in [5, 5.41) is 12.6. The Morgan fingerprint density at radius 3 is 2.60 bits per heavy atom. The summed E-state index contributed by atoms with van der Waals surface area (Å²) in [6, 6.07) is 12.0. The largest absolute Gasteiger partial charge is 0.450 e. The van der Waals surface area contributed by atoms with Crippen molar-refractivity contribution < 1.29 is 13.6 Å². The first-order valence-electron chi connectivity index (χ1n) is 11.7. The minimum absolute atomic E-state index is 0.0715. The highest BCUT2D eigenvalue weighted by Crippen LogP contribution is 2.33. The monoisotopic (exact) mass is 493 g/mol. The smallest absolute Gasteiger partial charge is 0.308 e. The first-order valence-corrected chi connectivity index (χ1v) is 12.1. The van der Waals surface area contributed by atoms with Gasteiger partial charge in [0.15, 0.2) is 5.76 Å². The van der Waals surface area contributed by atoms with E-state index in [1.165, 1.54) is 11.3 Å². The number of anilines is 1. The fraction of sp³-hybridized carbons (Fsp3) is 0.346. The normalized spacial score (nSPS) is 14.6. The van der Waals surface area contributed by atoms with Crippen LogP contribution in [-0.4, -0.2) is 60.3 Å². The zero-order valence-electron chi connectivity index (χ0n) is 20.1. The average molecular weight is 494 g/mol. The van der Waals surface area contributed by atoms with E-state index >= 15 is 0 Å². The molecular weight excluding hydrogens is 466 g/mol. The predicted octanol–water partition coefficient (Wildman–Crippen LogP) is 4.61. The summed E-state index contributed by atoms with van der Waals surface area (Å²) >= 11 is 6.18. The number of furan rings is 1. The number of para-hydroxylation sites is 1. The molecule has 3 heterocycles. The molecule has 1 fully saturated rings. The van der Waals surface area contributed by atoms with Crippen molar-refractivity contribution in [2.24, 2.45) is 0 Å². The molecule has 0 unspecified atom stereocenters. The summed E-state index contributed by atoms with van der Waals surface area (Å²) < 4.78 is 11.6. The van der Waals surface area contributed by atoms with Gasteiger partial charge in [-0.25, -0.2) is 0 Å². The van der Waals surface area contributed by atoms with Crippen LogP contribution in [0.1, 0.15) is 27.4 Å². The molecule has 2 aromatic heterocycles. The number of nitrogens with one attached hydrogen (secondary N) is 1. The van der Waals surface area contributed by atoms with Gasteiger partial charge >= 0.3 is 11.8 Å². The Balaban J connectivity index is 1.14. The first-order chi connectivity index (χ1) is 16.9. The zero-order chi connectivity index (χ0) is 24.5. The number of aromatic nitrogens is 2. The molecule has 2 aromatic carbocycles. The van der Waals surface area contributed by atoms with Gasteiger partial charge in [-0.1, -0.05) is 35.9 Å². The molecule has 1 saturated heterocycles. The zero-order valence-corrected chi connectivity index (χ0v) is 20.9. The van der Waals surface area contributed by atoms with E-state index in [2.05, 4.69) is 38.3 Å². The van der Waals surface area contributed by atoms with Gasteiger partial charge in [0.25, 0.3) is 5.89 Å². The third-order valence-electron chi connectivity index (χ3n) is 6.57. The van der Waals surface area contributed by atoms with E-state index in [4.69, 9.17) is 20.4 Å². The lowest BCUT2D eigenvalue weighted by Crippen LogP contribution is -2.48. The quantitative estimate of drug-likeness (QED) is 0.419. The van der Waals surface area contributed by atoms with Crippen LogP contribution in [0.4, 0.5) is 5.69 Å². The minimum Gasteiger partial charge on any atom is -0.450 e. The maximum Gasteiger partial charge on any atom is 0.308 e. The summed E-state index contributed by atoms with van der Waals surface area (Å²) in [5.41, 5.74) is 5.13. The van der Waals surface area contributed by atoms with Gasteiger partial charge in [-0.05, 0) is 44.0 Å². The molecule has 0 atom stereocenters. The molecule has 1 aliphatic heterocycles. The molecular formula is C26H28ClN5O3. The fourth-order valence-electron chi connectivity index (χ4n) is 4.53. The molecule has 0 radical (unpaired) electrons. The van der Waals surface area contributed by atoms with Gasteiger partial charge in [0.2, 0.25) is 0 Å². The topological polar surface area (TPSA) is 87.6 Å². The van der Waals surface area contributed by atoms with E-state index in [1.807, 2.05) is 44.2 Å². The number of benzene rings is 2. The van der Waals surface area contributed by atoms with Gasteiger partial charge in [0, 0.05) is 60.9 Å². The predicted molar refractivity (Wildman–Crippen MR) is 136 cm³/mol. The van der Waals surface area contributed by atoms with Gasteiger partial charge < -0.3 is 19.1 Å². The third kappa shape index (κ3) is 4.76. The lowest BCUT2D eigenvalue weighted by atomic mass is 10.1. The molecule has 1 N–H and O–H groups in total. The second-order valence-electron chi connectivity index (χ2n) is 8.94. The molecule has 9 heteroatoms. The van der Waals surface area contributed by atoms with Gasteiger partial charge in [-0.2, -0.15) is 0 Å². The van der Waals surface area contributed by atoms with E-state index in [9.17, 15) is 4.79 Å². The molecule has 182 valence electrons. The first kappa shape index (κ1) is 23.4.